The zero-order valence-electron chi connectivity index (χ0n) is 80.4. The number of hydrogen-bond donors (Lipinski definition) is 4. The van der Waals surface area contributed by atoms with Gasteiger partial charge < -0.3 is 34.2 Å². The molecule has 0 aromatic carbocycles. The number of carbonyl (C=O) groups excluding carboxylic acids is 3. The van der Waals surface area contributed by atoms with Gasteiger partial charge in [-0.15, -0.1) is 0 Å². The minimum absolute atomic E-state index is 0.0809. The molecule has 0 aliphatic rings. The highest BCUT2D eigenvalue weighted by Gasteiger charge is 2.30. The van der Waals surface area contributed by atoms with Crippen molar-refractivity contribution in [3.05, 3.63) is 194 Å². The molecule has 16 nitrogen and oxygen atoms in total. The van der Waals surface area contributed by atoms with Crippen LogP contribution in [0, 0.1) is 0 Å². The van der Waals surface area contributed by atoms with Gasteiger partial charge in [0.2, 0.25) is 0 Å². The molecule has 18 heteroatoms. The number of allylic oxidation sites excluding steroid dienone is 32. The zero-order chi connectivity index (χ0) is 92.1. The highest BCUT2D eigenvalue weighted by atomic mass is 31.2. The van der Waals surface area contributed by atoms with Gasteiger partial charge in [-0.1, -0.05) is 427 Å². The summed E-state index contributed by atoms with van der Waals surface area (Å²) in [6.45, 7) is 2.46. The van der Waals surface area contributed by atoms with Gasteiger partial charge in [-0.2, -0.15) is 0 Å². The number of ether oxygens (including phenoxy) is 3. The molecule has 0 aromatic heterocycles. The fourth-order valence-electron chi connectivity index (χ4n) is 13.7. The second-order valence-corrected chi connectivity index (χ2v) is 36.4. The predicted octanol–water partition coefficient (Wildman–Crippen LogP) is 32.1. The van der Waals surface area contributed by atoms with Crippen LogP contribution in [0.5, 0.6) is 0 Å². The van der Waals surface area contributed by atoms with E-state index in [2.05, 4.69) is 215 Å². The van der Waals surface area contributed by atoms with Gasteiger partial charge in [-0.25, -0.2) is 9.13 Å². The Bertz CT molecular complexity index is 3090. The summed E-state index contributed by atoms with van der Waals surface area (Å²) in [7, 11) is -9.83. The van der Waals surface area contributed by atoms with E-state index in [1.54, 1.807) is 0 Å². The molecule has 0 saturated carbocycles. The van der Waals surface area contributed by atoms with Crippen LogP contribution in [0.2, 0.25) is 0 Å². The maximum Gasteiger partial charge on any atom is 0.472 e. The number of esters is 3. The molecule has 0 rings (SSSR count). The Hall–Kier alpha value is -5.61. The molecule has 0 aromatic rings. The summed E-state index contributed by atoms with van der Waals surface area (Å²) in [6.07, 6.45) is 133. The summed E-state index contributed by atoms with van der Waals surface area (Å²) in [4.78, 5) is 59.2. The molecule has 0 bridgehead atoms. The quantitative estimate of drug-likeness (QED) is 0.0146. The molecule has 0 aliphatic carbocycles. The summed E-state index contributed by atoms with van der Waals surface area (Å²) in [5, 5.41) is 20.8. The maximum absolute atomic E-state index is 13.1. The van der Waals surface area contributed by atoms with E-state index in [1.807, 2.05) is 0 Å². The lowest BCUT2D eigenvalue weighted by atomic mass is 10.0. The van der Waals surface area contributed by atoms with Crippen molar-refractivity contribution < 1.29 is 75.8 Å². The van der Waals surface area contributed by atoms with Crippen LogP contribution in [0.3, 0.4) is 0 Å². The van der Waals surface area contributed by atoms with E-state index in [0.29, 0.717) is 19.3 Å². The van der Waals surface area contributed by atoms with Crippen LogP contribution in [0.15, 0.2) is 194 Å². The van der Waals surface area contributed by atoms with Crippen molar-refractivity contribution in [2.75, 3.05) is 39.6 Å². The van der Waals surface area contributed by atoms with E-state index >= 15 is 0 Å². The van der Waals surface area contributed by atoms with Gasteiger partial charge in [0, 0.05) is 19.3 Å². The normalized spacial score (nSPS) is 14.5. The Kier molecular flexibility index (Phi) is 95.0. The first kappa shape index (κ1) is 121. The molecule has 5 unspecified atom stereocenters. The molecular weight excluding hydrogens is 1630 g/mol. The highest BCUT2D eigenvalue weighted by molar-refractivity contribution is 7.47. The molecule has 4 N–H and O–H groups in total. The molecule has 0 aliphatic heterocycles. The standard InChI is InChI=1S/C109H184O16P2/c1-4-7-10-13-16-19-22-25-28-31-34-37-40-43-45-47-49-50-51-52-54-56-57-60-62-65-68-71-74-77-80-83-86-89-92-95-107(112)119-98-104(110)99-121-126(115,116)122-100-105(111)101-123-127(117,118)124-103-106(125-109(114)97-94-91-88-85-82-79-76-73-70-67-64-59-42-39-36-33-30-27-24-21-18-15-12-9-6-3)102-120-108(113)96-93-90-87-84-81-78-75-72-69-66-63-61-58-55-53-48-46-44-41-38-35-32-29-26-23-20-17-14-11-8-5-2/h8-9,11-12,16-21,25-30,34-39,43-46,53,55,59,64,70,73,104-106,110-111H,4-7,10,13-15,22-24,31-33,40-42,47-52,54,56-58,60-63,65-69,71-72,74-103H2,1-3H3,(H,115,116)(H,117,118)/b11-8-,12-9-,19-16-,20-17-,21-18-,28-25-,29-26-,30-27-,37-34-,38-35-,39-36-,45-43-,46-44-,55-53-,64-59-,73-70-. The van der Waals surface area contributed by atoms with Gasteiger partial charge in [0.05, 0.1) is 26.4 Å². The molecule has 0 spiro atoms. The molecule has 127 heavy (non-hydrogen) atoms. The van der Waals surface area contributed by atoms with E-state index in [9.17, 15) is 43.5 Å². The monoisotopic (exact) mass is 1810 g/mol. The fourth-order valence-corrected chi connectivity index (χ4v) is 15.3. The van der Waals surface area contributed by atoms with E-state index in [1.165, 1.54) is 173 Å². The topological polar surface area (TPSA) is 231 Å². The van der Waals surface area contributed by atoms with Crippen molar-refractivity contribution in [3.63, 3.8) is 0 Å². The summed E-state index contributed by atoms with van der Waals surface area (Å²) in [5.74, 6) is -1.59. The van der Waals surface area contributed by atoms with Crippen molar-refractivity contribution in [2.45, 2.75) is 437 Å². The van der Waals surface area contributed by atoms with E-state index in [0.717, 1.165) is 186 Å². The van der Waals surface area contributed by atoms with Crippen LogP contribution in [0.25, 0.3) is 0 Å². The van der Waals surface area contributed by atoms with E-state index in [-0.39, 0.29) is 19.3 Å². The van der Waals surface area contributed by atoms with Gasteiger partial charge >= 0.3 is 33.6 Å². The molecular formula is C109H184O16P2. The third-order valence-electron chi connectivity index (χ3n) is 21.3. The molecule has 0 heterocycles. The Morgan fingerprint density at radius 3 is 0.661 bits per heavy atom. The summed E-state index contributed by atoms with van der Waals surface area (Å²) >= 11 is 0. The summed E-state index contributed by atoms with van der Waals surface area (Å²) in [6, 6.07) is 0. The van der Waals surface area contributed by atoms with Gasteiger partial charge in [0.25, 0.3) is 0 Å². The Labute approximate surface area is 776 Å². The average Bonchev–Trinajstić information content (AvgIpc) is 0.898. The fraction of sp³-hybridized carbons (Fsp3) is 0.679. The number of phosphoric acid groups is 2. The van der Waals surface area contributed by atoms with Crippen LogP contribution in [-0.2, 0) is 55.8 Å². The maximum atomic E-state index is 13.1. The number of hydrogen-bond acceptors (Lipinski definition) is 14. The van der Waals surface area contributed by atoms with Crippen LogP contribution >= 0.6 is 15.6 Å². The lowest BCUT2D eigenvalue weighted by Gasteiger charge is -2.21. The van der Waals surface area contributed by atoms with Crippen LogP contribution in [-0.4, -0.2) is 95.9 Å². The predicted molar refractivity (Wildman–Crippen MR) is 537 cm³/mol. The molecule has 0 saturated heterocycles. The van der Waals surface area contributed by atoms with Gasteiger partial charge in [-0.05, 0) is 167 Å². The van der Waals surface area contributed by atoms with Crippen LogP contribution < -0.4 is 0 Å². The third-order valence-corrected chi connectivity index (χ3v) is 23.2. The van der Waals surface area contributed by atoms with Gasteiger partial charge in [0.1, 0.15) is 25.4 Å². The lowest BCUT2D eigenvalue weighted by molar-refractivity contribution is -0.161. The van der Waals surface area contributed by atoms with E-state index in [4.69, 9.17) is 32.3 Å². The Morgan fingerprint density at radius 1 is 0.228 bits per heavy atom. The smallest absolute Gasteiger partial charge is 0.463 e. The number of phosphoric ester groups is 2. The SMILES string of the molecule is CC/C=C\C/C=C\C/C=C\C/C=C\C/C=C\C/C=C\CCCCCCCCCCCCCCC(=O)OCC(COP(=O)(O)OCC(O)COP(=O)(O)OCC(O)COC(=O)CCCCCCCCCCCCCCCCCCCCC/C=C\C/C=C\C/C=C\C/C=C\CCCCC)OC(=O)CCCCCCCC/C=C\C/C=C\C/C=C\C/C=C\C/C=C\C/C=C\CC. The van der Waals surface area contributed by atoms with Crippen LogP contribution in [0.1, 0.15) is 419 Å². The molecule has 0 radical (unpaired) electrons. The summed E-state index contributed by atoms with van der Waals surface area (Å²) < 4.78 is 61.6. The Balaban J connectivity index is 4.60. The molecule has 5 atom stereocenters. The minimum Gasteiger partial charge on any atom is -0.463 e. The second-order valence-electron chi connectivity index (χ2n) is 33.5. The van der Waals surface area contributed by atoms with Crippen molar-refractivity contribution >= 4 is 33.6 Å². The third kappa shape index (κ3) is 101. The van der Waals surface area contributed by atoms with Crippen molar-refractivity contribution in [1.82, 2.24) is 0 Å². The first-order valence-electron chi connectivity index (χ1n) is 50.7. The molecule has 726 valence electrons. The van der Waals surface area contributed by atoms with Crippen molar-refractivity contribution in [1.29, 1.82) is 0 Å². The van der Waals surface area contributed by atoms with Gasteiger partial charge in [0.15, 0.2) is 6.10 Å². The second kappa shape index (κ2) is 99.4. The van der Waals surface area contributed by atoms with Crippen LogP contribution in [0.4, 0.5) is 0 Å². The number of unbranched alkanes of at least 4 members (excludes halogenated alkanes) is 40. The van der Waals surface area contributed by atoms with Crippen molar-refractivity contribution in [3.8, 4) is 0 Å². The van der Waals surface area contributed by atoms with Gasteiger partial charge in [-0.3, -0.25) is 32.5 Å². The number of carbonyl (C=O) groups is 3. The minimum atomic E-state index is -4.96. The molecule has 0 fully saturated rings. The first-order chi connectivity index (χ1) is 62.2. The number of aliphatic hydroxyl groups is 2. The van der Waals surface area contributed by atoms with E-state index < -0.39 is 91.5 Å². The number of aliphatic hydroxyl groups excluding tert-OH is 2. The average molecular weight is 1810 g/mol. The lowest BCUT2D eigenvalue weighted by Crippen LogP contribution is -2.30. The molecule has 0 amide bonds. The largest absolute Gasteiger partial charge is 0.472 e. The summed E-state index contributed by atoms with van der Waals surface area (Å²) in [5.41, 5.74) is 0. The zero-order valence-corrected chi connectivity index (χ0v) is 82.2. The Morgan fingerprint density at radius 2 is 0.417 bits per heavy atom. The number of rotatable bonds is 95. The first-order valence-corrected chi connectivity index (χ1v) is 53.7. The highest BCUT2D eigenvalue weighted by Crippen LogP contribution is 2.45. The van der Waals surface area contributed by atoms with Crippen molar-refractivity contribution in [2.24, 2.45) is 0 Å².